The van der Waals surface area contributed by atoms with E-state index in [1.54, 1.807) is 4.90 Å². The number of hydrogen-bond donors (Lipinski definition) is 1. The minimum atomic E-state index is -5.41. The maximum absolute atomic E-state index is 12.6. The molecule has 1 aromatic rings. The molecular weight excluding hydrogens is 345 g/mol. The first-order valence-corrected chi connectivity index (χ1v) is 9.00. The zero-order chi connectivity index (χ0) is 18.1. The highest BCUT2D eigenvalue weighted by molar-refractivity contribution is 7.92. The first kappa shape index (κ1) is 18.7. The van der Waals surface area contributed by atoms with Gasteiger partial charge in [-0.3, -0.25) is 4.79 Å². The quantitative estimate of drug-likeness (QED) is 0.891. The molecule has 0 unspecified atom stereocenters. The van der Waals surface area contributed by atoms with Crippen LogP contribution in [0.25, 0.3) is 0 Å². The maximum Gasteiger partial charge on any atom is 0.501 e. The molecular formula is C15H19F3N2O3S. The Bertz CT molecular complexity index is 702. The number of amides is 1. The molecule has 2 atom stereocenters. The number of rotatable bonds is 3. The van der Waals surface area contributed by atoms with E-state index in [1.165, 1.54) is 0 Å². The third kappa shape index (κ3) is 3.41. The van der Waals surface area contributed by atoms with Crippen LogP contribution in [-0.4, -0.2) is 43.9 Å². The van der Waals surface area contributed by atoms with Gasteiger partial charge in [0.05, 0.1) is 4.90 Å². The fraction of sp³-hybridized carbons (Fsp3) is 0.533. The van der Waals surface area contributed by atoms with E-state index in [9.17, 15) is 26.4 Å². The second kappa shape index (κ2) is 6.72. The number of halogens is 3. The normalized spacial score (nSPS) is 22.5. The predicted octanol–water partition coefficient (Wildman–Crippen LogP) is 2.18. The van der Waals surface area contributed by atoms with Gasteiger partial charge in [-0.1, -0.05) is 6.92 Å². The van der Waals surface area contributed by atoms with Crippen molar-refractivity contribution in [3.63, 3.8) is 0 Å². The van der Waals surface area contributed by atoms with Gasteiger partial charge in [0.2, 0.25) is 0 Å². The lowest BCUT2D eigenvalue weighted by atomic mass is 9.90. The molecule has 1 aliphatic rings. The number of nitrogens with two attached hydrogens (primary N) is 1. The summed E-state index contributed by atoms with van der Waals surface area (Å²) in [7, 11) is -5.41. The Kier molecular flexibility index (Phi) is 5.24. The Morgan fingerprint density at radius 2 is 1.88 bits per heavy atom. The lowest BCUT2D eigenvalue weighted by Gasteiger charge is -2.39. The van der Waals surface area contributed by atoms with Crippen molar-refractivity contribution in [2.75, 3.05) is 13.1 Å². The number of hydrogen-bond acceptors (Lipinski definition) is 4. The third-order valence-corrected chi connectivity index (χ3v) is 5.84. The van der Waals surface area contributed by atoms with Gasteiger partial charge in [0.25, 0.3) is 15.7 Å². The Morgan fingerprint density at radius 1 is 1.29 bits per heavy atom. The van der Waals surface area contributed by atoms with Crippen molar-refractivity contribution < 1.29 is 26.4 Å². The summed E-state index contributed by atoms with van der Waals surface area (Å²) in [4.78, 5) is 13.3. The SMILES string of the molecule is C[C@H]1CCCN(C(=O)c2ccc(S(=O)(=O)C(F)(F)F)cc2)[C@H]1CN. The van der Waals surface area contributed by atoms with Crippen LogP contribution in [0.3, 0.4) is 0 Å². The van der Waals surface area contributed by atoms with Crippen molar-refractivity contribution in [2.45, 2.75) is 36.2 Å². The van der Waals surface area contributed by atoms with Crippen LogP contribution >= 0.6 is 0 Å². The lowest BCUT2D eigenvalue weighted by molar-refractivity contribution is -0.0436. The maximum atomic E-state index is 12.6. The lowest BCUT2D eigenvalue weighted by Crippen LogP contribution is -2.51. The van der Waals surface area contributed by atoms with Crippen LogP contribution in [0.5, 0.6) is 0 Å². The van der Waals surface area contributed by atoms with Gasteiger partial charge in [0, 0.05) is 24.7 Å². The Labute approximate surface area is 138 Å². The molecule has 0 bridgehead atoms. The average molecular weight is 364 g/mol. The second-order valence-corrected chi connectivity index (χ2v) is 7.84. The van der Waals surface area contributed by atoms with Crippen LogP contribution < -0.4 is 5.73 Å². The number of alkyl halides is 3. The summed E-state index contributed by atoms with van der Waals surface area (Å²) in [5, 5.41) is 0. The average Bonchev–Trinajstić information content (AvgIpc) is 2.53. The van der Waals surface area contributed by atoms with Gasteiger partial charge >= 0.3 is 5.51 Å². The molecule has 2 N–H and O–H groups in total. The molecule has 2 rings (SSSR count). The van der Waals surface area contributed by atoms with Gasteiger partial charge < -0.3 is 10.6 Å². The topological polar surface area (TPSA) is 80.5 Å². The van der Waals surface area contributed by atoms with Crippen molar-refractivity contribution in [2.24, 2.45) is 11.7 Å². The highest BCUT2D eigenvalue weighted by Gasteiger charge is 2.46. The third-order valence-electron chi connectivity index (χ3n) is 4.33. The Balaban J connectivity index is 2.26. The Morgan fingerprint density at radius 3 is 2.38 bits per heavy atom. The highest BCUT2D eigenvalue weighted by atomic mass is 32.2. The van der Waals surface area contributed by atoms with E-state index >= 15 is 0 Å². The van der Waals surface area contributed by atoms with E-state index in [4.69, 9.17) is 5.73 Å². The van der Waals surface area contributed by atoms with Crippen molar-refractivity contribution in [3.8, 4) is 0 Å². The van der Waals surface area contributed by atoms with Crippen LogP contribution in [0.1, 0.15) is 30.1 Å². The standard InChI is InChI=1S/C15H19F3N2O3S/c1-10-3-2-8-20(13(10)9-19)14(21)11-4-6-12(7-5-11)24(22,23)15(16,17)18/h4-7,10,13H,2-3,8-9,19H2,1H3/t10-,13-/m0/s1. The van der Waals surface area contributed by atoms with E-state index in [2.05, 4.69) is 0 Å². The molecule has 24 heavy (non-hydrogen) atoms. The van der Waals surface area contributed by atoms with Crippen LogP contribution in [0.2, 0.25) is 0 Å². The molecule has 5 nitrogen and oxygen atoms in total. The molecule has 0 aromatic heterocycles. The van der Waals surface area contributed by atoms with Crippen LogP contribution in [0.15, 0.2) is 29.2 Å². The highest BCUT2D eigenvalue weighted by Crippen LogP contribution is 2.30. The van der Waals surface area contributed by atoms with Gasteiger partial charge in [-0.25, -0.2) is 8.42 Å². The van der Waals surface area contributed by atoms with E-state index in [-0.39, 0.29) is 23.4 Å². The predicted molar refractivity (Wildman–Crippen MR) is 82.0 cm³/mol. The monoisotopic (exact) mass is 364 g/mol. The summed E-state index contributed by atoms with van der Waals surface area (Å²) >= 11 is 0. The van der Waals surface area contributed by atoms with Gasteiger partial charge in [0.1, 0.15) is 0 Å². The molecule has 1 aromatic carbocycles. The zero-order valence-electron chi connectivity index (χ0n) is 13.1. The van der Waals surface area contributed by atoms with E-state index < -0.39 is 20.2 Å². The number of nitrogens with zero attached hydrogens (tertiary/aromatic N) is 1. The van der Waals surface area contributed by atoms with Crippen molar-refractivity contribution in [1.82, 2.24) is 4.90 Å². The van der Waals surface area contributed by atoms with Gasteiger partial charge in [-0.2, -0.15) is 13.2 Å². The molecule has 0 radical (unpaired) electrons. The summed E-state index contributed by atoms with van der Waals surface area (Å²) in [5.41, 5.74) is 0.504. The van der Waals surface area contributed by atoms with Gasteiger partial charge in [-0.05, 0) is 43.0 Å². The van der Waals surface area contributed by atoms with Crippen molar-refractivity contribution in [3.05, 3.63) is 29.8 Å². The van der Waals surface area contributed by atoms with Crippen LogP contribution in [0, 0.1) is 5.92 Å². The molecule has 1 aliphatic heterocycles. The molecule has 1 amide bonds. The summed E-state index contributed by atoms with van der Waals surface area (Å²) in [6, 6.07) is 3.69. The first-order valence-electron chi connectivity index (χ1n) is 7.52. The fourth-order valence-corrected chi connectivity index (χ4v) is 3.70. The Hall–Kier alpha value is -1.61. The molecule has 9 heteroatoms. The molecule has 1 saturated heterocycles. The van der Waals surface area contributed by atoms with E-state index in [0.29, 0.717) is 13.1 Å². The minimum Gasteiger partial charge on any atom is -0.334 e. The van der Waals surface area contributed by atoms with Gasteiger partial charge in [-0.15, -0.1) is 0 Å². The number of sulfone groups is 1. The van der Waals surface area contributed by atoms with E-state index in [0.717, 1.165) is 37.1 Å². The number of likely N-dealkylation sites (tertiary alicyclic amines) is 1. The largest absolute Gasteiger partial charge is 0.501 e. The number of carbonyl (C=O) groups excluding carboxylic acids is 1. The van der Waals surface area contributed by atoms with Crippen molar-refractivity contribution >= 4 is 15.7 Å². The van der Waals surface area contributed by atoms with Crippen LogP contribution in [-0.2, 0) is 9.84 Å². The summed E-state index contributed by atoms with van der Waals surface area (Å²) in [6.45, 7) is 2.82. The molecule has 0 aliphatic carbocycles. The zero-order valence-corrected chi connectivity index (χ0v) is 13.9. The summed E-state index contributed by atoms with van der Waals surface area (Å²) in [6.07, 6.45) is 1.78. The van der Waals surface area contributed by atoms with Crippen molar-refractivity contribution in [1.29, 1.82) is 0 Å². The molecule has 0 spiro atoms. The number of carbonyl (C=O) groups is 1. The fourth-order valence-electron chi connectivity index (χ4n) is 2.94. The molecule has 0 saturated carbocycles. The summed E-state index contributed by atoms with van der Waals surface area (Å²) < 4.78 is 60.3. The molecule has 1 heterocycles. The molecule has 1 fully saturated rings. The smallest absolute Gasteiger partial charge is 0.334 e. The van der Waals surface area contributed by atoms with Gasteiger partial charge in [0.15, 0.2) is 0 Å². The second-order valence-electron chi connectivity index (χ2n) is 5.89. The van der Waals surface area contributed by atoms with Crippen LogP contribution in [0.4, 0.5) is 13.2 Å². The summed E-state index contributed by atoms with van der Waals surface area (Å²) in [5.74, 6) is -0.120. The first-order chi connectivity index (χ1) is 11.1. The van der Waals surface area contributed by atoms with E-state index in [1.807, 2.05) is 6.92 Å². The number of piperidine rings is 1. The number of benzene rings is 1. The molecule has 134 valence electrons. The minimum absolute atomic E-state index is 0.134.